The van der Waals surface area contributed by atoms with Crippen molar-refractivity contribution in [2.45, 2.75) is 6.42 Å². The van der Waals surface area contributed by atoms with Gasteiger partial charge in [0.25, 0.3) is 5.95 Å². The molecule has 6 heteroatoms. The van der Waals surface area contributed by atoms with Gasteiger partial charge in [0.2, 0.25) is 5.88 Å². The molecule has 2 rings (SSSR count). The second-order valence-electron chi connectivity index (χ2n) is 3.02. The quantitative estimate of drug-likeness (QED) is 0.734. The minimum absolute atomic E-state index is 0.258. The van der Waals surface area contributed by atoms with E-state index in [0.29, 0.717) is 17.4 Å². The molecule has 1 aliphatic rings. The third kappa shape index (κ3) is 1.84. The van der Waals surface area contributed by atoms with Crippen LogP contribution in [0.1, 0.15) is 6.42 Å². The van der Waals surface area contributed by atoms with Gasteiger partial charge < -0.3 is 4.74 Å². The van der Waals surface area contributed by atoms with Crippen molar-refractivity contribution < 1.29 is 8.95 Å². The van der Waals surface area contributed by atoms with Gasteiger partial charge in [-0.25, -0.2) is 9.19 Å². The van der Waals surface area contributed by atoms with Gasteiger partial charge in [-0.15, -0.1) is 0 Å². The Labute approximate surface area is 82.7 Å². The first-order chi connectivity index (χ1) is 6.72. The number of nitrogens with zero attached hydrogens (tertiary/aromatic N) is 3. The Morgan fingerprint density at radius 1 is 1.57 bits per heavy atom. The van der Waals surface area contributed by atoms with Gasteiger partial charge in [0.1, 0.15) is 0 Å². The fraction of sp³-hybridized carbons (Fsp3) is 0.500. The average molecular weight is 213 g/mol. The molecule has 0 radical (unpaired) electrons. The molecule has 2 heterocycles. The molecule has 5 nitrogen and oxygen atoms in total. The molecular weight excluding hydrogens is 202 g/mol. The minimum atomic E-state index is -2.02. The van der Waals surface area contributed by atoms with E-state index in [4.69, 9.17) is 4.74 Å². The first-order valence-corrected chi connectivity index (χ1v) is 6.17. The third-order valence-corrected chi connectivity index (χ3v) is 4.35. The van der Waals surface area contributed by atoms with E-state index >= 15 is 0 Å². The van der Waals surface area contributed by atoms with Crippen molar-refractivity contribution in [3.8, 4) is 5.88 Å². The van der Waals surface area contributed by atoms with Crippen LogP contribution in [-0.2, 0) is 9.73 Å². The van der Waals surface area contributed by atoms with Crippen molar-refractivity contribution in [3.63, 3.8) is 0 Å². The van der Waals surface area contributed by atoms with Crippen molar-refractivity contribution >= 4 is 15.7 Å². The second-order valence-corrected chi connectivity index (χ2v) is 5.57. The van der Waals surface area contributed by atoms with Gasteiger partial charge in [-0.3, -0.25) is 0 Å². The van der Waals surface area contributed by atoms with Crippen LogP contribution in [0.4, 0.5) is 5.95 Å². The van der Waals surface area contributed by atoms with Crippen molar-refractivity contribution in [1.29, 1.82) is 0 Å². The Morgan fingerprint density at radius 2 is 2.36 bits per heavy atom. The first-order valence-electron chi connectivity index (χ1n) is 4.31. The standard InChI is InChI=1S/C8H11N3O2S/c1-13-7-3-4-9-8(10-7)11-14(12)5-2-6-14/h3-4H,2,5-6H2,1H3. The van der Waals surface area contributed by atoms with E-state index in [0.717, 1.165) is 6.42 Å². The van der Waals surface area contributed by atoms with Crippen LogP contribution in [0.25, 0.3) is 0 Å². The van der Waals surface area contributed by atoms with Gasteiger partial charge in [-0.1, -0.05) is 0 Å². The third-order valence-electron chi connectivity index (χ3n) is 2.00. The summed E-state index contributed by atoms with van der Waals surface area (Å²) in [7, 11) is -0.499. The van der Waals surface area contributed by atoms with Gasteiger partial charge in [-0.05, 0) is 6.42 Å². The molecule has 1 aromatic heterocycles. The smallest absolute Gasteiger partial charge is 0.260 e. The molecule has 0 amide bonds. The van der Waals surface area contributed by atoms with E-state index in [1.54, 1.807) is 12.3 Å². The monoisotopic (exact) mass is 213 g/mol. The molecule has 14 heavy (non-hydrogen) atoms. The maximum absolute atomic E-state index is 11.7. The summed E-state index contributed by atoms with van der Waals surface area (Å²) in [5.41, 5.74) is 0. The number of ether oxygens (including phenoxy) is 1. The van der Waals surface area contributed by atoms with Crippen molar-refractivity contribution in [3.05, 3.63) is 12.3 Å². The molecule has 0 atom stereocenters. The molecular formula is C8H11N3O2S. The second kappa shape index (κ2) is 3.53. The van der Waals surface area contributed by atoms with Crippen molar-refractivity contribution in [1.82, 2.24) is 9.97 Å². The summed E-state index contributed by atoms with van der Waals surface area (Å²) in [6.07, 6.45) is 2.53. The fourth-order valence-corrected chi connectivity index (χ4v) is 2.47. The van der Waals surface area contributed by atoms with Crippen LogP contribution in [0.2, 0.25) is 0 Å². The van der Waals surface area contributed by atoms with E-state index in [-0.39, 0.29) is 5.95 Å². The molecule has 0 unspecified atom stereocenters. The van der Waals surface area contributed by atoms with E-state index in [1.807, 2.05) is 0 Å². The molecule has 0 aliphatic carbocycles. The van der Waals surface area contributed by atoms with E-state index in [9.17, 15) is 4.21 Å². The number of hydrogen-bond donors (Lipinski definition) is 0. The van der Waals surface area contributed by atoms with E-state index in [1.165, 1.54) is 7.11 Å². The molecule has 0 spiro atoms. The Hall–Kier alpha value is -1.17. The van der Waals surface area contributed by atoms with Gasteiger partial charge in [0, 0.05) is 23.8 Å². The van der Waals surface area contributed by atoms with Crippen LogP contribution in [0.5, 0.6) is 5.88 Å². The highest BCUT2D eigenvalue weighted by Gasteiger charge is 2.19. The predicted octanol–water partition coefficient (Wildman–Crippen LogP) is 0.988. The zero-order chi connectivity index (χ0) is 10.0. The molecule has 0 bridgehead atoms. The largest absolute Gasteiger partial charge is 0.481 e. The molecule has 0 aromatic carbocycles. The summed E-state index contributed by atoms with van der Waals surface area (Å²) in [5, 5.41) is 0. The summed E-state index contributed by atoms with van der Waals surface area (Å²) in [6.45, 7) is 0. The summed E-state index contributed by atoms with van der Waals surface area (Å²) in [5.74, 6) is 2.02. The molecule has 76 valence electrons. The molecule has 1 aromatic rings. The normalized spacial score (nSPS) is 18.4. The highest BCUT2D eigenvalue weighted by Crippen LogP contribution is 2.19. The summed E-state index contributed by atoms with van der Waals surface area (Å²) in [6, 6.07) is 1.63. The summed E-state index contributed by atoms with van der Waals surface area (Å²) < 4.78 is 20.7. The van der Waals surface area contributed by atoms with Gasteiger partial charge in [-0.2, -0.15) is 9.35 Å². The highest BCUT2D eigenvalue weighted by molar-refractivity contribution is 7.95. The maximum Gasteiger partial charge on any atom is 0.260 e. The number of aromatic nitrogens is 2. The van der Waals surface area contributed by atoms with Crippen molar-refractivity contribution in [2.24, 2.45) is 4.36 Å². The lowest BCUT2D eigenvalue weighted by Crippen LogP contribution is -2.23. The lowest BCUT2D eigenvalue weighted by Gasteiger charge is -2.16. The van der Waals surface area contributed by atoms with Crippen LogP contribution in [0.15, 0.2) is 16.6 Å². The van der Waals surface area contributed by atoms with E-state index in [2.05, 4.69) is 14.3 Å². The Balaban J connectivity index is 2.33. The van der Waals surface area contributed by atoms with Crippen LogP contribution < -0.4 is 4.74 Å². The Kier molecular flexibility index (Phi) is 2.37. The van der Waals surface area contributed by atoms with Crippen LogP contribution >= 0.6 is 0 Å². The number of methoxy groups -OCH3 is 1. The molecule has 1 saturated heterocycles. The molecule has 1 fully saturated rings. The fourth-order valence-electron chi connectivity index (χ4n) is 1.12. The molecule has 1 aliphatic heterocycles. The topological polar surface area (TPSA) is 64.4 Å². The Morgan fingerprint density at radius 3 is 2.93 bits per heavy atom. The Bertz CT molecular complexity index is 442. The minimum Gasteiger partial charge on any atom is -0.481 e. The van der Waals surface area contributed by atoms with Gasteiger partial charge >= 0.3 is 0 Å². The summed E-state index contributed by atoms with van der Waals surface area (Å²) >= 11 is 0. The van der Waals surface area contributed by atoms with Crippen molar-refractivity contribution in [2.75, 3.05) is 18.6 Å². The zero-order valence-corrected chi connectivity index (χ0v) is 8.66. The van der Waals surface area contributed by atoms with Gasteiger partial charge in [0.15, 0.2) is 0 Å². The highest BCUT2D eigenvalue weighted by atomic mass is 32.2. The van der Waals surface area contributed by atoms with Crippen LogP contribution in [-0.4, -0.2) is 32.8 Å². The maximum atomic E-state index is 11.7. The lowest BCUT2D eigenvalue weighted by molar-refractivity contribution is 0.397. The number of hydrogen-bond acceptors (Lipinski definition) is 5. The molecule has 0 saturated carbocycles. The first kappa shape index (κ1) is 9.39. The van der Waals surface area contributed by atoms with Crippen LogP contribution in [0.3, 0.4) is 0 Å². The predicted molar refractivity (Wildman–Crippen MR) is 53.2 cm³/mol. The number of rotatable bonds is 2. The zero-order valence-electron chi connectivity index (χ0n) is 7.84. The molecule has 0 N–H and O–H groups in total. The van der Waals surface area contributed by atoms with Gasteiger partial charge in [0.05, 0.1) is 16.8 Å². The van der Waals surface area contributed by atoms with Crippen LogP contribution in [0, 0.1) is 0 Å². The summed E-state index contributed by atoms with van der Waals surface area (Å²) in [4.78, 5) is 7.90. The lowest BCUT2D eigenvalue weighted by atomic mass is 10.5. The average Bonchev–Trinajstić information content (AvgIpc) is 2.16. The van der Waals surface area contributed by atoms with E-state index < -0.39 is 9.73 Å². The SMILES string of the molecule is COc1ccnc(N=S2(=O)CCC2)n1.